The number of rotatable bonds is 3. The van der Waals surface area contributed by atoms with Gasteiger partial charge in [-0.25, -0.2) is 0 Å². The Balaban J connectivity index is 1.68. The summed E-state index contributed by atoms with van der Waals surface area (Å²) in [5, 5.41) is 3.12. The number of aryl methyl sites for hydroxylation is 1. The van der Waals surface area contributed by atoms with Crippen molar-refractivity contribution in [1.82, 2.24) is 0 Å². The van der Waals surface area contributed by atoms with E-state index < -0.39 is 0 Å². The van der Waals surface area contributed by atoms with Crippen molar-refractivity contribution in [2.45, 2.75) is 58.3 Å². The highest BCUT2D eigenvalue weighted by Crippen LogP contribution is 2.28. The maximum Gasteiger partial charge on any atom is 0.228 e. The van der Waals surface area contributed by atoms with Crippen LogP contribution in [0.1, 0.15) is 55.9 Å². The van der Waals surface area contributed by atoms with Crippen LogP contribution in [-0.4, -0.2) is 5.91 Å². The average molecular weight is 321 g/mol. The van der Waals surface area contributed by atoms with Crippen molar-refractivity contribution >= 4 is 11.6 Å². The summed E-state index contributed by atoms with van der Waals surface area (Å²) >= 11 is 0. The molecule has 0 unspecified atom stereocenters. The Morgan fingerprint density at radius 3 is 2.42 bits per heavy atom. The van der Waals surface area contributed by atoms with Gasteiger partial charge in [-0.1, -0.05) is 57.2 Å². The molecule has 24 heavy (non-hydrogen) atoms. The second-order valence-electron chi connectivity index (χ2n) is 7.82. The molecule has 0 saturated carbocycles. The van der Waals surface area contributed by atoms with Gasteiger partial charge in [-0.05, 0) is 59.4 Å². The Labute approximate surface area is 145 Å². The summed E-state index contributed by atoms with van der Waals surface area (Å²) in [6.07, 6.45) is 5.10. The summed E-state index contributed by atoms with van der Waals surface area (Å²) in [7, 11) is 0. The number of fused-ring (bicyclic) bond motifs is 1. The fraction of sp³-hybridized carbons (Fsp3) is 0.409. The molecule has 2 aromatic rings. The van der Waals surface area contributed by atoms with Gasteiger partial charge >= 0.3 is 0 Å². The van der Waals surface area contributed by atoms with Gasteiger partial charge in [0, 0.05) is 5.69 Å². The number of carbonyl (C=O) groups is 1. The van der Waals surface area contributed by atoms with Gasteiger partial charge in [0.05, 0.1) is 6.42 Å². The number of benzene rings is 2. The average Bonchev–Trinajstić information content (AvgIpc) is 2.55. The molecule has 1 amide bonds. The van der Waals surface area contributed by atoms with E-state index in [-0.39, 0.29) is 11.3 Å². The molecule has 1 aliphatic rings. The Morgan fingerprint density at radius 2 is 1.71 bits per heavy atom. The minimum atomic E-state index is 0.0671. The predicted octanol–water partition coefficient (Wildman–Crippen LogP) is 5.04. The van der Waals surface area contributed by atoms with Crippen LogP contribution in [0.2, 0.25) is 0 Å². The van der Waals surface area contributed by atoms with E-state index in [0.29, 0.717) is 6.42 Å². The van der Waals surface area contributed by atoms with Crippen LogP contribution < -0.4 is 5.32 Å². The molecule has 2 aromatic carbocycles. The van der Waals surface area contributed by atoms with Crippen molar-refractivity contribution in [3.8, 4) is 0 Å². The quantitative estimate of drug-likeness (QED) is 0.842. The van der Waals surface area contributed by atoms with Gasteiger partial charge < -0.3 is 5.32 Å². The van der Waals surface area contributed by atoms with Gasteiger partial charge in [-0.15, -0.1) is 0 Å². The van der Waals surface area contributed by atoms with Crippen molar-refractivity contribution < 1.29 is 4.79 Å². The molecule has 2 heteroatoms. The topological polar surface area (TPSA) is 29.1 Å². The first kappa shape index (κ1) is 16.8. The lowest BCUT2D eigenvalue weighted by atomic mass is 9.86. The monoisotopic (exact) mass is 321 g/mol. The largest absolute Gasteiger partial charge is 0.326 e. The Kier molecular flexibility index (Phi) is 4.75. The summed E-state index contributed by atoms with van der Waals surface area (Å²) in [5.41, 5.74) is 6.23. The normalized spacial score (nSPS) is 14.1. The highest BCUT2D eigenvalue weighted by molar-refractivity contribution is 5.93. The zero-order valence-corrected chi connectivity index (χ0v) is 15.0. The number of nitrogens with one attached hydrogen (secondary N) is 1. The molecule has 0 saturated heterocycles. The SMILES string of the molecule is CC(C)(C)c1ccc(CC(=O)Nc2cccc3c2CCCC3)cc1. The molecule has 0 atom stereocenters. The van der Waals surface area contributed by atoms with E-state index in [4.69, 9.17) is 0 Å². The Hall–Kier alpha value is -2.09. The zero-order chi connectivity index (χ0) is 17.2. The van der Waals surface area contributed by atoms with Gasteiger partial charge in [0.1, 0.15) is 0 Å². The third-order valence-corrected chi connectivity index (χ3v) is 4.85. The van der Waals surface area contributed by atoms with Gasteiger partial charge in [0.15, 0.2) is 0 Å². The molecule has 1 N–H and O–H groups in total. The van der Waals surface area contributed by atoms with E-state index in [1.165, 1.54) is 29.5 Å². The van der Waals surface area contributed by atoms with Crippen LogP contribution in [-0.2, 0) is 29.5 Å². The van der Waals surface area contributed by atoms with E-state index >= 15 is 0 Å². The third-order valence-electron chi connectivity index (χ3n) is 4.85. The second-order valence-corrected chi connectivity index (χ2v) is 7.82. The van der Waals surface area contributed by atoms with Crippen molar-refractivity contribution in [3.05, 3.63) is 64.7 Å². The molecule has 2 nitrogen and oxygen atoms in total. The predicted molar refractivity (Wildman–Crippen MR) is 101 cm³/mol. The zero-order valence-electron chi connectivity index (χ0n) is 15.0. The molecule has 0 aliphatic heterocycles. The van der Waals surface area contributed by atoms with Crippen molar-refractivity contribution in [2.75, 3.05) is 5.32 Å². The standard InChI is InChI=1S/C22H27NO/c1-22(2,3)18-13-11-16(12-14-18)15-21(24)23-20-10-6-8-17-7-4-5-9-19(17)20/h6,8,10-14H,4-5,7,9,15H2,1-3H3,(H,23,24). The summed E-state index contributed by atoms with van der Waals surface area (Å²) < 4.78 is 0. The minimum Gasteiger partial charge on any atom is -0.326 e. The maximum atomic E-state index is 12.4. The number of hydrogen-bond donors (Lipinski definition) is 1. The first-order chi connectivity index (χ1) is 11.4. The Morgan fingerprint density at radius 1 is 1.00 bits per heavy atom. The summed E-state index contributed by atoms with van der Waals surface area (Å²) in [6, 6.07) is 14.7. The van der Waals surface area contributed by atoms with E-state index in [1.54, 1.807) is 0 Å². The minimum absolute atomic E-state index is 0.0671. The van der Waals surface area contributed by atoms with Gasteiger partial charge in [0.2, 0.25) is 5.91 Å². The summed E-state index contributed by atoms with van der Waals surface area (Å²) in [6.45, 7) is 6.60. The van der Waals surface area contributed by atoms with Gasteiger partial charge in [-0.2, -0.15) is 0 Å². The van der Waals surface area contributed by atoms with Crippen LogP contribution in [0.5, 0.6) is 0 Å². The molecule has 0 aromatic heterocycles. The van der Waals surface area contributed by atoms with Crippen LogP contribution in [0.25, 0.3) is 0 Å². The summed E-state index contributed by atoms with van der Waals surface area (Å²) in [5.74, 6) is 0.0671. The molecule has 0 bridgehead atoms. The van der Waals surface area contributed by atoms with Gasteiger partial charge in [-0.3, -0.25) is 4.79 Å². The second kappa shape index (κ2) is 6.80. The molecule has 1 aliphatic carbocycles. The fourth-order valence-electron chi connectivity index (χ4n) is 3.40. The number of carbonyl (C=O) groups excluding carboxylic acids is 1. The van der Waals surface area contributed by atoms with Gasteiger partial charge in [0.25, 0.3) is 0 Å². The lowest BCUT2D eigenvalue weighted by Crippen LogP contribution is -2.17. The van der Waals surface area contributed by atoms with E-state index in [0.717, 1.165) is 24.1 Å². The molecule has 0 spiro atoms. The lowest BCUT2D eigenvalue weighted by Gasteiger charge is -2.20. The molecule has 0 fully saturated rings. The molecule has 0 radical (unpaired) electrons. The molecule has 3 rings (SSSR count). The van der Waals surface area contributed by atoms with Crippen LogP contribution in [0.4, 0.5) is 5.69 Å². The summed E-state index contributed by atoms with van der Waals surface area (Å²) in [4.78, 5) is 12.4. The van der Waals surface area contributed by atoms with Crippen LogP contribution in [0, 0.1) is 0 Å². The molecular formula is C22H27NO. The first-order valence-corrected chi connectivity index (χ1v) is 8.93. The Bertz CT molecular complexity index is 723. The maximum absolute atomic E-state index is 12.4. The number of anilines is 1. The van der Waals surface area contributed by atoms with Crippen molar-refractivity contribution in [2.24, 2.45) is 0 Å². The lowest BCUT2D eigenvalue weighted by molar-refractivity contribution is -0.115. The molecular weight excluding hydrogens is 294 g/mol. The fourth-order valence-corrected chi connectivity index (χ4v) is 3.40. The van der Waals surface area contributed by atoms with Crippen LogP contribution in [0.3, 0.4) is 0 Å². The van der Waals surface area contributed by atoms with Crippen molar-refractivity contribution in [3.63, 3.8) is 0 Å². The van der Waals surface area contributed by atoms with E-state index in [9.17, 15) is 4.79 Å². The highest BCUT2D eigenvalue weighted by atomic mass is 16.1. The number of hydrogen-bond acceptors (Lipinski definition) is 1. The third kappa shape index (κ3) is 3.87. The van der Waals surface area contributed by atoms with Crippen molar-refractivity contribution in [1.29, 1.82) is 0 Å². The number of amides is 1. The highest BCUT2D eigenvalue weighted by Gasteiger charge is 2.16. The first-order valence-electron chi connectivity index (χ1n) is 8.93. The van der Waals surface area contributed by atoms with Crippen LogP contribution >= 0.6 is 0 Å². The van der Waals surface area contributed by atoms with E-state index in [1.807, 2.05) is 6.07 Å². The van der Waals surface area contributed by atoms with E-state index in [2.05, 4.69) is 62.5 Å². The van der Waals surface area contributed by atoms with Crippen LogP contribution in [0.15, 0.2) is 42.5 Å². The smallest absolute Gasteiger partial charge is 0.228 e. The molecule has 0 heterocycles. The molecule has 126 valence electrons.